The van der Waals surface area contributed by atoms with E-state index in [1.165, 1.54) is 30.1 Å². The minimum Gasteiger partial charge on any atom is -0.464 e. The second-order valence-corrected chi connectivity index (χ2v) is 10.2. The Balaban J connectivity index is 2.08. The van der Waals surface area contributed by atoms with Gasteiger partial charge in [0.15, 0.2) is 0 Å². The molecule has 0 aliphatic carbocycles. The van der Waals surface area contributed by atoms with E-state index in [-0.39, 0.29) is 27.6 Å². The standard InChI is InChI=1S/C22H25Cl2N3O5S/c1-3-4-10-32-21(28)14-27(33(30,31)17-12-15(23)11-16(24)13-17)20-7-5-6-19-18(20)8-9-26(19)22(29)25-2/h5-7,11-13H,3-4,8-10,14H2,1-2H3,(H,25,29). The average Bonchev–Trinajstić information content (AvgIpc) is 3.21. The summed E-state index contributed by atoms with van der Waals surface area (Å²) in [5.41, 5.74) is 1.51. The third-order valence-corrected chi connectivity index (χ3v) is 7.36. The van der Waals surface area contributed by atoms with Gasteiger partial charge in [-0.25, -0.2) is 13.2 Å². The molecule has 0 fully saturated rings. The Morgan fingerprint density at radius 3 is 2.52 bits per heavy atom. The number of benzene rings is 2. The second kappa shape index (κ2) is 10.6. The monoisotopic (exact) mass is 513 g/mol. The van der Waals surface area contributed by atoms with E-state index in [4.69, 9.17) is 27.9 Å². The zero-order valence-corrected chi connectivity index (χ0v) is 20.6. The molecule has 0 radical (unpaired) electrons. The lowest BCUT2D eigenvalue weighted by Gasteiger charge is -2.26. The average molecular weight is 514 g/mol. The molecule has 3 rings (SSSR count). The van der Waals surface area contributed by atoms with Crippen molar-refractivity contribution in [3.05, 3.63) is 52.0 Å². The fourth-order valence-electron chi connectivity index (χ4n) is 3.59. The van der Waals surface area contributed by atoms with Crippen LogP contribution in [-0.2, 0) is 26.0 Å². The van der Waals surface area contributed by atoms with Crippen LogP contribution < -0.4 is 14.5 Å². The molecule has 2 aromatic rings. The lowest BCUT2D eigenvalue weighted by Crippen LogP contribution is -2.37. The number of fused-ring (bicyclic) bond motifs is 1. The fraction of sp³-hybridized carbons (Fsp3) is 0.364. The number of nitrogens with one attached hydrogen (secondary N) is 1. The summed E-state index contributed by atoms with van der Waals surface area (Å²) < 4.78 is 33.6. The number of urea groups is 1. The lowest BCUT2D eigenvalue weighted by atomic mass is 10.1. The van der Waals surface area contributed by atoms with Crippen LogP contribution in [0.5, 0.6) is 0 Å². The molecule has 8 nitrogen and oxygen atoms in total. The summed E-state index contributed by atoms with van der Waals surface area (Å²) in [6.45, 7) is 2.00. The molecule has 1 heterocycles. The lowest BCUT2D eigenvalue weighted by molar-refractivity contribution is -0.141. The molecular weight excluding hydrogens is 489 g/mol. The summed E-state index contributed by atoms with van der Waals surface area (Å²) >= 11 is 12.1. The summed E-state index contributed by atoms with van der Waals surface area (Å²) in [4.78, 5) is 26.2. The minimum absolute atomic E-state index is 0.149. The van der Waals surface area contributed by atoms with Gasteiger partial charge in [-0.05, 0) is 43.2 Å². The first-order valence-electron chi connectivity index (χ1n) is 10.4. The van der Waals surface area contributed by atoms with Gasteiger partial charge in [-0.1, -0.05) is 42.6 Å². The van der Waals surface area contributed by atoms with Crippen molar-refractivity contribution in [3.8, 4) is 0 Å². The van der Waals surface area contributed by atoms with Gasteiger partial charge in [0.05, 0.1) is 22.9 Å². The molecule has 0 spiro atoms. The van der Waals surface area contributed by atoms with Gasteiger partial charge in [0.1, 0.15) is 6.54 Å². The van der Waals surface area contributed by atoms with E-state index in [1.54, 1.807) is 18.2 Å². The van der Waals surface area contributed by atoms with Gasteiger partial charge in [0, 0.05) is 29.2 Å². The molecule has 0 bridgehead atoms. The van der Waals surface area contributed by atoms with Crippen LogP contribution in [0, 0.1) is 0 Å². The van der Waals surface area contributed by atoms with Crippen molar-refractivity contribution in [2.75, 3.05) is 35.9 Å². The van der Waals surface area contributed by atoms with Crippen LogP contribution >= 0.6 is 23.2 Å². The summed E-state index contributed by atoms with van der Waals surface area (Å²) in [7, 11) is -2.72. The van der Waals surface area contributed by atoms with Crippen molar-refractivity contribution in [2.45, 2.75) is 31.1 Å². The van der Waals surface area contributed by atoms with E-state index in [0.717, 1.165) is 10.7 Å². The highest BCUT2D eigenvalue weighted by molar-refractivity contribution is 7.92. The predicted octanol–water partition coefficient (Wildman–Crippen LogP) is 4.23. The van der Waals surface area contributed by atoms with Crippen molar-refractivity contribution < 1.29 is 22.7 Å². The maximum atomic E-state index is 13.7. The zero-order valence-electron chi connectivity index (χ0n) is 18.3. The van der Waals surface area contributed by atoms with Crippen LogP contribution in [-0.4, -0.2) is 47.2 Å². The number of nitrogens with zero attached hydrogens (tertiary/aromatic N) is 2. The number of unbranched alkanes of at least 4 members (excludes halogenated alkanes) is 1. The third-order valence-electron chi connectivity index (χ3n) is 5.19. The molecule has 1 aliphatic heterocycles. The summed E-state index contributed by atoms with van der Waals surface area (Å²) in [6.07, 6.45) is 1.92. The van der Waals surface area contributed by atoms with Crippen molar-refractivity contribution in [2.24, 2.45) is 0 Å². The summed E-state index contributed by atoms with van der Waals surface area (Å²) in [5.74, 6) is -0.682. The van der Waals surface area contributed by atoms with Gasteiger partial charge in [-0.15, -0.1) is 0 Å². The van der Waals surface area contributed by atoms with Gasteiger partial charge in [0.25, 0.3) is 10.0 Å². The number of hydrogen-bond donors (Lipinski definition) is 1. The summed E-state index contributed by atoms with van der Waals surface area (Å²) in [6, 6.07) is 8.66. The predicted molar refractivity (Wildman–Crippen MR) is 129 cm³/mol. The first-order valence-corrected chi connectivity index (χ1v) is 12.6. The molecule has 1 N–H and O–H groups in total. The maximum Gasteiger partial charge on any atom is 0.326 e. The number of anilines is 2. The quantitative estimate of drug-likeness (QED) is 0.420. The molecule has 178 valence electrons. The third kappa shape index (κ3) is 5.54. The number of carbonyl (C=O) groups excluding carboxylic acids is 2. The Hall–Kier alpha value is -2.49. The molecule has 0 saturated heterocycles. The molecule has 11 heteroatoms. The van der Waals surface area contributed by atoms with Gasteiger partial charge >= 0.3 is 12.0 Å². The Morgan fingerprint density at radius 2 is 1.88 bits per heavy atom. The normalized spacial score (nSPS) is 12.9. The molecule has 0 unspecified atom stereocenters. The summed E-state index contributed by atoms with van der Waals surface area (Å²) in [5, 5.41) is 2.88. The SMILES string of the molecule is CCCCOC(=O)CN(c1cccc2c1CCN2C(=O)NC)S(=O)(=O)c1cc(Cl)cc(Cl)c1. The van der Waals surface area contributed by atoms with Crippen molar-refractivity contribution in [1.82, 2.24) is 5.32 Å². The highest BCUT2D eigenvalue weighted by atomic mass is 35.5. The van der Waals surface area contributed by atoms with E-state index in [2.05, 4.69) is 5.32 Å². The maximum absolute atomic E-state index is 13.7. The first-order chi connectivity index (χ1) is 15.7. The smallest absolute Gasteiger partial charge is 0.326 e. The minimum atomic E-state index is -4.25. The number of halogens is 2. The highest BCUT2D eigenvalue weighted by Gasteiger charge is 2.34. The van der Waals surface area contributed by atoms with Crippen LogP contribution in [0.3, 0.4) is 0 Å². The number of hydrogen-bond acceptors (Lipinski definition) is 5. The van der Waals surface area contributed by atoms with Gasteiger partial charge < -0.3 is 10.1 Å². The first kappa shape index (κ1) is 25.1. The molecular formula is C22H25Cl2N3O5S. The van der Waals surface area contributed by atoms with E-state index in [1.807, 2.05) is 6.92 Å². The number of carbonyl (C=O) groups is 2. The largest absolute Gasteiger partial charge is 0.464 e. The molecule has 2 amide bonds. The Morgan fingerprint density at radius 1 is 1.18 bits per heavy atom. The topological polar surface area (TPSA) is 96.0 Å². The van der Waals surface area contributed by atoms with E-state index in [0.29, 0.717) is 36.3 Å². The molecule has 2 aromatic carbocycles. The van der Waals surface area contributed by atoms with Crippen LogP contribution in [0.4, 0.5) is 16.2 Å². The van der Waals surface area contributed by atoms with Crippen LogP contribution in [0.1, 0.15) is 25.3 Å². The van der Waals surface area contributed by atoms with Crippen molar-refractivity contribution in [3.63, 3.8) is 0 Å². The van der Waals surface area contributed by atoms with Crippen LogP contribution in [0.2, 0.25) is 10.0 Å². The van der Waals surface area contributed by atoms with Gasteiger partial charge in [-0.2, -0.15) is 0 Å². The highest BCUT2D eigenvalue weighted by Crippen LogP contribution is 2.38. The number of ether oxygens (including phenoxy) is 1. The van der Waals surface area contributed by atoms with Crippen molar-refractivity contribution >= 4 is 56.6 Å². The molecule has 1 aliphatic rings. The molecule has 0 saturated carbocycles. The van der Waals surface area contributed by atoms with Gasteiger partial charge in [0.2, 0.25) is 0 Å². The Bertz CT molecular complexity index is 1140. The number of amides is 2. The molecule has 0 aromatic heterocycles. The number of sulfonamides is 1. The van der Waals surface area contributed by atoms with E-state index >= 15 is 0 Å². The zero-order chi connectivity index (χ0) is 24.2. The van der Waals surface area contributed by atoms with Crippen molar-refractivity contribution in [1.29, 1.82) is 0 Å². The van der Waals surface area contributed by atoms with Crippen LogP contribution in [0.15, 0.2) is 41.3 Å². The van der Waals surface area contributed by atoms with E-state index in [9.17, 15) is 18.0 Å². The molecule has 33 heavy (non-hydrogen) atoms. The Kier molecular flexibility index (Phi) is 8.10. The van der Waals surface area contributed by atoms with Gasteiger partial charge in [-0.3, -0.25) is 14.0 Å². The molecule has 0 atom stereocenters. The van der Waals surface area contributed by atoms with E-state index < -0.39 is 22.5 Å². The Labute approximate surface area is 203 Å². The van der Waals surface area contributed by atoms with Crippen LogP contribution in [0.25, 0.3) is 0 Å². The fourth-order valence-corrected chi connectivity index (χ4v) is 5.76. The number of esters is 1. The number of rotatable bonds is 8. The second-order valence-electron chi connectivity index (χ2n) is 7.42.